The van der Waals surface area contributed by atoms with Crippen molar-refractivity contribution in [2.75, 3.05) is 18.0 Å². The molecule has 138 valence electrons. The fourth-order valence-electron chi connectivity index (χ4n) is 3.12. The molecule has 5 nitrogen and oxygen atoms in total. The molecule has 4 rings (SSSR count). The van der Waals surface area contributed by atoms with Gasteiger partial charge in [0.25, 0.3) is 0 Å². The fraction of sp³-hybridized carbons (Fsp3) is 0.238. The Morgan fingerprint density at radius 3 is 2.63 bits per heavy atom. The number of pyridine rings is 1. The lowest BCUT2D eigenvalue weighted by molar-refractivity contribution is 0.481. The van der Waals surface area contributed by atoms with Gasteiger partial charge in [-0.05, 0) is 39.0 Å². The van der Waals surface area contributed by atoms with Crippen LogP contribution < -0.4 is 9.64 Å². The Hall–Kier alpha value is -2.86. The maximum absolute atomic E-state index is 5.95. The molecule has 4 aromatic rings. The molecule has 0 unspecified atom stereocenters. The van der Waals surface area contributed by atoms with Crippen LogP contribution in [0.15, 0.2) is 48.8 Å². The number of nitrogens with zero attached hydrogens (tertiary/aromatic N) is 3. The lowest BCUT2D eigenvalue weighted by atomic mass is 10.1. The van der Waals surface area contributed by atoms with Gasteiger partial charge in [-0.25, -0.2) is 9.97 Å². The Balaban J connectivity index is 1.73. The van der Waals surface area contributed by atoms with Gasteiger partial charge in [0.1, 0.15) is 17.1 Å². The zero-order valence-electron chi connectivity index (χ0n) is 15.7. The first-order valence-electron chi connectivity index (χ1n) is 9.12. The number of hydrogen-bond acceptors (Lipinski definition) is 5. The number of hydrogen-bond donors (Lipinski definition) is 1. The normalized spacial score (nSPS) is 11.1. The van der Waals surface area contributed by atoms with Crippen molar-refractivity contribution in [2.45, 2.75) is 20.8 Å². The molecule has 0 aliphatic carbocycles. The van der Waals surface area contributed by atoms with Crippen molar-refractivity contribution in [3.05, 3.63) is 53.7 Å². The average molecular weight is 379 g/mol. The highest BCUT2D eigenvalue weighted by atomic mass is 32.1. The molecular formula is C21H22N4OS. The van der Waals surface area contributed by atoms with E-state index in [1.807, 2.05) is 42.6 Å². The second-order valence-electron chi connectivity index (χ2n) is 6.26. The maximum atomic E-state index is 5.95. The summed E-state index contributed by atoms with van der Waals surface area (Å²) in [7, 11) is 0. The Morgan fingerprint density at radius 2 is 1.89 bits per heavy atom. The molecule has 0 saturated carbocycles. The standard InChI is InChI=1S/C21H22N4OS/c1-4-25(5-2)21-24-19(14(3)27-21)18-13-23-20-17(18)11-16(12-22-20)26-15-9-7-6-8-10-15/h6-13H,4-5H2,1-3H3,(H,22,23). The third-order valence-corrected chi connectivity index (χ3v) is 5.59. The lowest BCUT2D eigenvalue weighted by Crippen LogP contribution is -2.21. The van der Waals surface area contributed by atoms with E-state index in [1.54, 1.807) is 17.5 Å². The van der Waals surface area contributed by atoms with E-state index >= 15 is 0 Å². The molecule has 3 heterocycles. The largest absolute Gasteiger partial charge is 0.456 e. The molecular weight excluding hydrogens is 356 g/mol. The predicted molar refractivity (Wildman–Crippen MR) is 112 cm³/mol. The predicted octanol–water partition coefficient (Wildman–Crippen LogP) is 5.63. The van der Waals surface area contributed by atoms with E-state index in [2.05, 4.69) is 35.6 Å². The van der Waals surface area contributed by atoms with Gasteiger partial charge in [0, 0.05) is 35.1 Å². The number of aryl methyl sites for hydroxylation is 1. The van der Waals surface area contributed by atoms with Gasteiger partial charge in [-0.3, -0.25) is 0 Å². The van der Waals surface area contributed by atoms with Crippen LogP contribution in [0.25, 0.3) is 22.3 Å². The minimum Gasteiger partial charge on any atom is -0.456 e. The quantitative estimate of drug-likeness (QED) is 0.472. The zero-order valence-corrected chi connectivity index (χ0v) is 16.5. The number of rotatable bonds is 6. The molecule has 3 aromatic heterocycles. The number of thiazole rings is 1. The molecule has 0 amide bonds. The molecule has 0 aliphatic rings. The highest BCUT2D eigenvalue weighted by Gasteiger charge is 2.17. The van der Waals surface area contributed by atoms with E-state index in [9.17, 15) is 0 Å². The van der Waals surface area contributed by atoms with Crippen molar-refractivity contribution in [1.82, 2.24) is 15.0 Å². The van der Waals surface area contributed by atoms with Crippen LogP contribution in [0.5, 0.6) is 11.5 Å². The zero-order chi connectivity index (χ0) is 18.8. The lowest BCUT2D eigenvalue weighted by Gasteiger charge is -2.16. The summed E-state index contributed by atoms with van der Waals surface area (Å²) in [5.41, 5.74) is 2.90. The van der Waals surface area contributed by atoms with Crippen LogP contribution in [0.4, 0.5) is 5.13 Å². The molecule has 0 atom stereocenters. The summed E-state index contributed by atoms with van der Waals surface area (Å²) < 4.78 is 5.95. The third kappa shape index (κ3) is 3.40. The van der Waals surface area contributed by atoms with Crippen LogP contribution in [-0.2, 0) is 0 Å². The molecule has 6 heteroatoms. The number of anilines is 1. The molecule has 1 aromatic carbocycles. The van der Waals surface area contributed by atoms with E-state index in [4.69, 9.17) is 9.72 Å². The van der Waals surface area contributed by atoms with E-state index < -0.39 is 0 Å². The molecule has 0 fully saturated rings. The highest BCUT2D eigenvalue weighted by molar-refractivity contribution is 7.16. The number of aromatic nitrogens is 3. The van der Waals surface area contributed by atoms with Crippen molar-refractivity contribution in [3.63, 3.8) is 0 Å². The van der Waals surface area contributed by atoms with Crippen LogP contribution in [0.1, 0.15) is 18.7 Å². The Labute approximate surface area is 162 Å². The minimum atomic E-state index is 0.714. The summed E-state index contributed by atoms with van der Waals surface area (Å²) >= 11 is 1.73. The first-order chi connectivity index (χ1) is 13.2. The Kier molecular flexibility index (Phi) is 4.81. The summed E-state index contributed by atoms with van der Waals surface area (Å²) in [6, 6.07) is 11.8. The number of H-pyrrole nitrogens is 1. The SMILES string of the molecule is CCN(CC)c1nc(-c2c[nH]c3ncc(Oc4ccccc4)cc23)c(C)s1. The van der Waals surface area contributed by atoms with Gasteiger partial charge in [0.2, 0.25) is 0 Å². The third-order valence-electron chi connectivity index (χ3n) is 4.56. The summed E-state index contributed by atoms with van der Waals surface area (Å²) in [6.07, 6.45) is 3.73. The summed E-state index contributed by atoms with van der Waals surface area (Å²) in [5, 5.41) is 2.08. The van der Waals surface area contributed by atoms with Crippen LogP contribution in [0.2, 0.25) is 0 Å². The number of nitrogens with one attached hydrogen (secondary N) is 1. The van der Waals surface area contributed by atoms with Gasteiger partial charge >= 0.3 is 0 Å². The first kappa shape index (κ1) is 17.5. The number of fused-ring (bicyclic) bond motifs is 1. The minimum absolute atomic E-state index is 0.714. The van der Waals surface area contributed by atoms with Gasteiger partial charge in [-0.2, -0.15) is 0 Å². The fourth-order valence-corrected chi connectivity index (χ4v) is 4.17. The van der Waals surface area contributed by atoms with Crippen molar-refractivity contribution in [2.24, 2.45) is 0 Å². The monoisotopic (exact) mass is 378 g/mol. The molecule has 1 N–H and O–H groups in total. The van der Waals surface area contributed by atoms with Crippen molar-refractivity contribution in [1.29, 1.82) is 0 Å². The highest BCUT2D eigenvalue weighted by Crippen LogP contribution is 2.37. The van der Waals surface area contributed by atoms with Crippen LogP contribution in [0.3, 0.4) is 0 Å². The molecule has 0 aliphatic heterocycles. The van der Waals surface area contributed by atoms with Gasteiger partial charge in [0.15, 0.2) is 5.13 Å². The van der Waals surface area contributed by atoms with Crippen molar-refractivity contribution in [3.8, 4) is 22.8 Å². The average Bonchev–Trinajstić information content (AvgIpc) is 3.26. The van der Waals surface area contributed by atoms with Gasteiger partial charge in [-0.1, -0.05) is 18.2 Å². The van der Waals surface area contributed by atoms with Gasteiger partial charge < -0.3 is 14.6 Å². The van der Waals surface area contributed by atoms with Crippen LogP contribution in [0, 0.1) is 6.92 Å². The second kappa shape index (κ2) is 7.40. The maximum Gasteiger partial charge on any atom is 0.186 e. The first-order valence-corrected chi connectivity index (χ1v) is 9.94. The van der Waals surface area contributed by atoms with Crippen LogP contribution in [-0.4, -0.2) is 28.0 Å². The van der Waals surface area contributed by atoms with Crippen molar-refractivity contribution >= 4 is 27.5 Å². The van der Waals surface area contributed by atoms with Crippen molar-refractivity contribution < 1.29 is 4.74 Å². The molecule has 0 saturated heterocycles. The summed E-state index contributed by atoms with van der Waals surface area (Å²) in [5.74, 6) is 1.51. The number of benzene rings is 1. The topological polar surface area (TPSA) is 54.0 Å². The van der Waals surface area contributed by atoms with Gasteiger partial charge in [0.05, 0.1) is 11.9 Å². The Bertz CT molecular complexity index is 1050. The number of ether oxygens (including phenoxy) is 1. The van der Waals surface area contributed by atoms with Crippen LogP contribution >= 0.6 is 11.3 Å². The second-order valence-corrected chi connectivity index (χ2v) is 7.44. The smallest absolute Gasteiger partial charge is 0.186 e. The number of para-hydroxylation sites is 1. The summed E-state index contributed by atoms with van der Waals surface area (Å²) in [6.45, 7) is 8.34. The molecule has 0 radical (unpaired) electrons. The Morgan fingerprint density at radius 1 is 1.11 bits per heavy atom. The van der Waals surface area contributed by atoms with E-state index in [0.29, 0.717) is 5.75 Å². The molecule has 27 heavy (non-hydrogen) atoms. The van der Waals surface area contributed by atoms with Gasteiger partial charge in [-0.15, -0.1) is 11.3 Å². The summed E-state index contributed by atoms with van der Waals surface area (Å²) in [4.78, 5) is 16.2. The molecule has 0 bridgehead atoms. The van der Waals surface area contributed by atoms with E-state index in [-0.39, 0.29) is 0 Å². The number of aromatic amines is 1. The van der Waals surface area contributed by atoms with E-state index in [1.165, 1.54) is 4.88 Å². The van der Waals surface area contributed by atoms with E-state index in [0.717, 1.165) is 46.3 Å². The molecule has 0 spiro atoms.